The van der Waals surface area contributed by atoms with E-state index < -0.39 is 11.8 Å². The summed E-state index contributed by atoms with van der Waals surface area (Å²) >= 11 is 8.52. The summed E-state index contributed by atoms with van der Waals surface area (Å²) in [6.45, 7) is 3.00. The van der Waals surface area contributed by atoms with Crippen LogP contribution in [0.1, 0.15) is 46.0 Å². The second-order valence-electron chi connectivity index (χ2n) is 7.50. The number of unbranched alkanes of at least 4 members (excludes halogenated alkanes) is 1. The third-order valence-electron chi connectivity index (χ3n) is 4.82. The first-order valence-corrected chi connectivity index (χ1v) is 12.3. The number of hydrazine groups is 1. The van der Waals surface area contributed by atoms with Crippen molar-refractivity contribution in [1.82, 2.24) is 16.2 Å². The van der Waals surface area contributed by atoms with Gasteiger partial charge >= 0.3 is 0 Å². The zero-order valence-corrected chi connectivity index (χ0v) is 21.6. The summed E-state index contributed by atoms with van der Waals surface area (Å²) < 4.78 is 12.2. The predicted molar refractivity (Wildman–Crippen MR) is 142 cm³/mol. The summed E-state index contributed by atoms with van der Waals surface area (Å²) in [5.41, 5.74) is 6.80. The number of ether oxygens (including phenoxy) is 2. The van der Waals surface area contributed by atoms with Gasteiger partial charge in [0.05, 0.1) is 12.2 Å². The molecule has 0 aliphatic rings. The fourth-order valence-corrected chi connectivity index (χ4v) is 3.47. The lowest BCUT2D eigenvalue weighted by Gasteiger charge is -2.14. The number of benzene rings is 3. The Morgan fingerprint density at radius 1 is 0.914 bits per heavy atom. The molecule has 0 atom stereocenters. The predicted octanol–water partition coefficient (Wildman–Crippen LogP) is 5.16. The molecule has 35 heavy (non-hydrogen) atoms. The van der Waals surface area contributed by atoms with Gasteiger partial charge < -0.3 is 9.47 Å². The van der Waals surface area contributed by atoms with E-state index >= 15 is 0 Å². The molecule has 0 heterocycles. The summed E-state index contributed by atoms with van der Waals surface area (Å²) in [6, 6.07) is 21.7. The summed E-state index contributed by atoms with van der Waals surface area (Å²) in [5.74, 6) is 0.236. The van der Waals surface area contributed by atoms with Crippen LogP contribution in [0.4, 0.5) is 0 Å². The van der Waals surface area contributed by atoms with E-state index in [-0.39, 0.29) is 5.11 Å². The first-order valence-electron chi connectivity index (χ1n) is 11.1. The van der Waals surface area contributed by atoms with Crippen LogP contribution in [0.15, 0.2) is 77.3 Å². The summed E-state index contributed by atoms with van der Waals surface area (Å²) in [6.07, 6.45) is 1.86. The smallest absolute Gasteiger partial charge is 0.269 e. The molecule has 0 radical (unpaired) electrons. The molecule has 3 aromatic carbocycles. The first kappa shape index (κ1) is 26.2. The van der Waals surface area contributed by atoms with Crippen LogP contribution in [0.5, 0.6) is 11.5 Å². The van der Waals surface area contributed by atoms with Crippen molar-refractivity contribution in [3.05, 3.63) is 94.0 Å². The summed E-state index contributed by atoms with van der Waals surface area (Å²) in [4.78, 5) is 25.1. The maximum atomic E-state index is 12.7. The van der Waals surface area contributed by atoms with E-state index in [2.05, 4.69) is 39.0 Å². The molecule has 3 aromatic rings. The Morgan fingerprint density at radius 3 is 2.37 bits per heavy atom. The molecule has 2 amide bonds. The molecular formula is C26H26BrN3O4S. The molecular weight excluding hydrogens is 530 g/mol. The van der Waals surface area contributed by atoms with Crippen molar-refractivity contribution >= 4 is 45.1 Å². The molecule has 0 spiro atoms. The molecule has 3 N–H and O–H groups in total. The van der Waals surface area contributed by atoms with Gasteiger partial charge in [0, 0.05) is 10.0 Å². The van der Waals surface area contributed by atoms with E-state index in [0.717, 1.165) is 22.9 Å². The SMILES string of the molecule is CCCCOc1ccc(Br)cc1C(=O)NC(=S)NNC(=O)c1ccc(OCc2ccccc2)cc1. The molecule has 0 saturated carbocycles. The van der Waals surface area contributed by atoms with Gasteiger partial charge in [-0.2, -0.15) is 0 Å². The van der Waals surface area contributed by atoms with Gasteiger partial charge in [-0.15, -0.1) is 0 Å². The van der Waals surface area contributed by atoms with Gasteiger partial charge in [-0.1, -0.05) is 59.6 Å². The van der Waals surface area contributed by atoms with Gasteiger partial charge in [-0.3, -0.25) is 25.8 Å². The average molecular weight is 556 g/mol. The lowest BCUT2D eigenvalue weighted by molar-refractivity contribution is 0.0933. The molecule has 3 rings (SSSR count). The average Bonchev–Trinajstić information content (AvgIpc) is 2.88. The van der Waals surface area contributed by atoms with E-state index in [9.17, 15) is 9.59 Å². The van der Waals surface area contributed by atoms with Crippen molar-refractivity contribution in [2.24, 2.45) is 0 Å². The highest BCUT2D eigenvalue weighted by Crippen LogP contribution is 2.23. The molecule has 0 bridgehead atoms. The Labute approximate surface area is 218 Å². The Bertz CT molecular complexity index is 1160. The maximum absolute atomic E-state index is 12.7. The molecule has 0 saturated heterocycles. The van der Waals surface area contributed by atoms with Gasteiger partial charge in [0.25, 0.3) is 11.8 Å². The first-order chi connectivity index (χ1) is 17.0. The number of hydrogen-bond donors (Lipinski definition) is 3. The topological polar surface area (TPSA) is 88.7 Å². The van der Waals surface area contributed by atoms with Crippen LogP contribution in [-0.2, 0) is 6.61 Å². The van der Waals surface area contributed by atoms with Crippen LogP contribution in [0.2, 0.25) is 0 Å². The third-order valence-corrected chi connectivity index (χ3v) is 5.52. The van der Waals surface area contributed by atoms with Gasteiger partial charge in [-0.05, 0) is 66.7 Å². The molecule has 0 aliphatic carbocycles. The minimum Gasteiger partial charge on any atom is -0.493 e. The summed E-state index contributed by atoms with van der Waals surface area (Å²) in [5, 5.41) is 2.50. The number of thiocarbonyl (C=S) groups is 1. The van der Waals surface area contributed by atoms with E-state index in [1.54, 1.807) is 42.5 Å². The Hall–Kier alpha value is -3.43. The standard InChI is InChI=1S/C26H26BrN3O4S/c1-2-3-15-33-23-14-11-20(27)16-22(23)25(32)28-26(35)30-29-24(31)19-9-12-21(13-10-19)34-17-18-7-5-4-6-8-18/h4-14,16H,2-3,15,17H2,1H3,(H,29,31)(H2,28,30,32,35). The minimum absolute atomic E-state index is 0.0503. The van der Waals surface area contributed by atoms with Crippen molar-refractivity contribution in [3.63, 3.8) is 0 Å². The fourth-order valence-electron chi connectivity index (χ4n) is 2.96. The third kappa shape index (κ3) is 8.38. The number of rotatable bonds is 9. The van der Waals surface area contributed by atoms with E-state index in [0.29, 0.717) is 35.8 Å². The van der Waals surface area contributed by atoms with E-state index in [1.807, 2.05) is 30.3 Å². The second kappa shape index (κ2) is 13.5. The highest BCUT2D eigenvalue weighted by atomic mass is 79.9. The van der Waals surface area contributed by atoms with Crippen LogP contribution in [0.25, 0.3) is 0 Å². The number of nitrogens with one attached hydrogen (secondary N) is 3. The molecule has 182 valence electrons. The van der Waals surface area contributed by atoms with Crippen LogP contribution in [-0.4, -0.2) is 23.5 Å². The van der Waals surface area contributed by atoms with E-state index in [1.165, 1.54) is 0 Å². The zero-order chi connectivity index (χ0) is 25.0. The molecule has 9 heteroatoms. The number of carbonyl (C=O) groups is 2. The highest BCUT2D eigenvalue weighted by molar-refractivity contribution is 9.10. The van der Waals surface area contributed by atoms with Crippen LogP contribution >= 0.6 is 28.1 Å². The van der Waals surface area contributed by atoms with Crippen LogP contribution in [0, 0.1) is 0 Å². The quantitative estimate of drug-likeness (QED) is 0.192. The molecule has 0 fully saturated rings. The number of halogens is 1. The lowest BCUT2D eigenvalue weighted by Crippen LogP contribution is -2.48. The highest BCUT2D eigenvalue weighted by Gasteiger charge is 2.15. The number of hydrogen-bond acceptors (Lipinski definition) is 5. The van der Waals surface area contributed by atoms with Crippen molar-refractivity contribution in [2.45, 2.75) is 26.4 Å². The molecule has 0 aliphatic heterocycles. The van der Waals surface area contributed by atoms with Crippen LogP contribution < -0.4 is 25.6 Å². The van der Waals surface area contributed by atoms with Crippen molar-refractivity contribution in [1.29, 1.82) is 0 Å². The monoisotopic (exact) mass is 555 g/mol. The minimum atomic E-state index is -0.454. The maximum Gasteiger partial charge on any atom is 0.269 e. The van der Waals surface area contributed by atoms with Gasteiger partial charge in [0.15, 0.2) is 5.11 Å². The lowest BCUT2D eigenvalue weighted by atomic mass is 10.2. The largest absolute Gasteiger partial charge is 0.493 e. The van der Waals surface area contributed by atoms with E-state index in [4.69, 9.17) is 21.7 Å². The normalized spacial score (nSPS) is 10.2. The number of carbonyl (C=O) groups excluding carboxylic acids is 2. The summed E-state index contributed by atoms with van der Waals surface area (Å²) in [7, 11) is 0. The van der Waals surface area contributed by atoms with Crippen LogP contribution in [0.3, 0.4) is 0 Å². The van der Waals surface area contributed by atoms with Gasteiger partial charge in [0.1, 0.15) is 18.1 Å². The zero-order valence-electron chi connectivity index (χ0n) is 19.2. The second-order valence-corrected chi connectivity index (χ2v) is 8.83. The number of amides is 2. The fraction of sp³-hybridized carbons (Fsp3) is 0.192. The Kier molecular flexibility index (Phi) is 10.1. The van der Waals surface area contributed by atoms with Gasteiger partial charge in [0.2, 0.25) is 0 Å². The van der Waals surface area contributed by atoms with Crippen molar-refractivity contribution in [2.75, 3.05) is 6.61 Å². The van der Waals surface area contributed by atoms with Crippen molar-refractivity contribution in [3.8, 4) is 11.5 Å². The Balaban J connectivity index is 1.49. The van der Waals surface area contributed by atoms with Gasteiger partial charge in [-0.25, -0.2) is 0 Å². The van der Waals surface area contributed by atoms with Crippen molar-refractivity contribution < 1.29 is 19.1 Å². The molecule has 0 unspecified atom stereocenters. The molecule has 0 aromatic heterocycles. The Morgan fingerprint density at radius 2 is 1.66 bits per heavy atom. The molecule has 7 nitrogen and oxygen atoms in total.